The fraction of sp³-hybridized carbons (Fsp3) is 0. The number of nitrogens with zero attached hydrogens (tertiary/aromatic N) is 2. The van der Waals surface area contributed by atoms with Gasteiger partial charge in [0.15, 0.2) is 0 Å². The molecule has 3 aromatic carbocycles. The molecule has 5 nitrogen and oxygen atoms in total. The third-order valence-electron chi connectivity index (χ3n) is 4.09. The van der Waals surface area contributed by atoms with E-state index in [2.05, 4.69) is 4.47 Å². The first-order valence-electron chi connectivity index (χ1n) is 7.96. The lowest BCUT2D eigenvalue weighted by Gasteiger charge is -2.14. The highest BCUT2D eigenvalue weighted by atomic mass is 32.2. The number of imide groups is 1. The van der Waals surface area contributed by atoms with Crippen LogP contribution in [0.1, 0.15) is 20.7 Å². The SMILES string of the molecule is O=C1c2ccccc2C(=O)N1N=S(=O)(c1ccccc1)c1ccccc1. The average Bonchev–Trinajstić information content (AvgIpc) is 2.94. The number of hydrogen-bond acceptors (Lipinski definition) is 4. The summed E-state index contributed by atoms with van der Waals surface area (Å²) in [6.07, 6.45) is 0. The summed E-state index contributed by atoms with van der Waals surface area (Å²) in [7, 11) is -3.20. The molecule has 1 heterocycles. The highest BCUT2D eigenvalue weighted by Crippen LogP contribution is 2.28. The van der Waals surface area contributed by atoms with Gasteiger partial charge in [-0.3, -0.25) is 9.59 Å². The van der Waals surface area contributed by atoms with E-state index in [1.54, 1.807) is 84.9 Å². The van der Waals surface area contributed by atoms with Crippen molar-refractivity contribution in [1.82, 2.24) is 5.01 Å². The van der Waals surface area contributed by atoms with E-state index in [9.17, 15) is 13.8 Å². The lowest BCUT2D eigenvalue weighted by Crippen LogP contribution is -2.26. The highest BCUT2D eigenvalue weighted by Gasteiger charge is 2.37. The van der Waals surface area contributed by atoms with Gasteiger partial charge in [-0.1, -0.05) is 53.0 Å². The molecule has 128 valence electrons. The van der Waals surface area contributed by atoms with E-state index in [0.717, 1.165) is 5.01 Å². The molecular weight excluding hydrogens is 348 g/mol. The predicted molar refractivity (Wildman–Crippen MR) is 96.9 cm³/mol. The standard InChI is InChI=1S/C20H14N2O3S/c23-19-17-13-7-8-14-18(17)20(24)22(19)21-26(25,15-9-3-1-4-10-15)16-11-5-2-6-12-16/h1-14H. The zero-order chi connectivity index (χ0) is 18.1. The molecule has 3 aromatic rings. The molecule has 0 fully saturated rings. The molecule has 0 saturated carbocycles. The summed E-state index contributed by atoms with van der Waals surface area (Å²) < 4.78 is 18.1. The van der Waals surface area contributed by atoms with Crippen LogP contribution in [-0.4, -0.2) is 21.0 Å². The van der Waals surface area contributed by atoms with E-state index in [0.29, 0.717) is 9.79 Å². The number of carbonyl (C=O) groups is 2. The Kier molecular flexibility index (Phi) is 3.89. The van der Waals surface area contributed by atoms with Gasteiger partial charge in [-0.25, -0.2) is 4.21 Å². The first-order chi connectivity index (χ1) is 12.6. The molecule has 26 heavy (non-hydrogen) atoms. The van der Waals surface area contributed by atoms with Crippen molar-refractivity contribution in [3.05, 3.63) is 96.1 Å². The average molecular weight is 362 g/mol. The molecule has 0 N–H and O–H groups in total. The molecule has 0 unspecified atom stereocenters. The van der Waals surface area contributed by atoms with Crippen molar-refractivity contribution in [3.63, 3.8) is 0 Å². The topological polar surface area (TPSA) is 66.8 Å². The molecule has 0 saturated heterocycles. The van der Waals surface area contributed by atoms with Gasteiger partial charge in [0.2, 0.25) is 0 Å². The van der Waals surface area contributed by atoms with Crippen LogP contribution in [0.15, 0.2) is 99.2 Å². The Morgan fingerprint density at radius 2 is 1.00 bits per heavy atom. The van der Waals surface area contributed by atoms with Gasteiger partial charge >= 0.3 is 0 Å². The molecular formula is C20H14N2O3S. The molecule has 1 aliphatic rings. The first kappa shape index (κ1) is 16.2. The number of amides is 2. The van der Waals surface area contributed by atoms with Crippen LogP contribution < -0.4 is 0 Å². The first-order valence-corrected chi connectivity index (χ1v) is 9.48. The van der Waals surface area contributed by atoms with Crippen LogP contribution in [0.4, 0.5) is 0 Å². The van der Waals surface area contributed by atoms with Gasteiger partial charge in [0, 0.05) is 0 Å². The molecule has 0 aromatic heterocycles. The summed E-state index contributed by atoms with van der Waals surface area (Å²) in [6.45, 7) is 0. The van der Waals surface area contributed by atoms with Crippen LogP contribution in [0.3, 0.4) is 0 Å². The second-order valence-electron chi connectivity index (χ2n) is 5.70. The number of benzene rings is 3. The van der Waals surface area contributed by atoms with E-state index in [-0.39, 0.29) is 11.1 Å². The molecule has 2 amide bonds. The molecule has 0 spiro atoms. The predicted octanol–water partition coefficient (Wildman–Crippen LogP) is 3.78. The highest BCUT2D eigenvalue weighted by molar-refractivity contribution is 7.93. The fourth-order valence-corrected chi connectivity index (χ4v) is 4.70. The minimum Gasteiger partial charge on any atom is -0.267 e. The van der Waals surface area contributed by atoms with Crippen LogP contribution in [0.25, 0.3) is 0 Å². The van der Waals surface area contributed by atoms with E-state index < -0.39 is 21.5 Å². The van der Waals surface area contributed by atoms with Crippen LogP contribution in [0.2, 0.25) is 0 Å². The van der Waals surface area contributed by atoms with E-state index in [1.165, 1.54) is 0 Å². The van der Waals surface area contributed by atoms with Gasteiger partial charge in [-0.15, -0.1) is 5.01 Å². The van der Waals surface area contributed by atoms with Crippen LogP contribution in [0.5, 0.6) is 0 Å². The molecule has 1 aliphatic heterocycles. The van der Waals surface area contributed by atoms with E-state index in [4.69, 9.17) is 0 Å². The number of rotatable bonds is 3. The minimum absolute atomic E-state index is 0.268. The van der Waals surface area contributed by atoms with Crippen LogP contribution in [-0.2, 0) is 9.73 Å². The summed E-state index contributed by atoms with van der Waals surface area (Å²) in [5.41, 5.74) is 0.535. The third kappa shape index (κ3) is 2.51. The smallest absolute Gasteiger partial charge is 0.267 e. The van der Waals surface area contributed by atoms with Crippen molar-refractivity contribution in [1.29, 1.82) is 0 Å². The van der Waals surface area contributed by atoms with Gasteiger partial charge in [0.05, 0.1) is 20.9 Å². The van der Waals surface area contributed by atoms with Crippen LogP contribution >= 0.6 is 0 Å². The van der Waals surface area contributed by atoms with Gasteiger partial charge < -0.3 is 0 Å². The van der Waals surface area contributed by atoms with Gasteiger partial charge in [-0.2, -0.15) is 0 Å². The van der Waals surface area contributed by atoms with Gasteiger partial charge in [0.1, 0.15) is 9.73 Å². The molecule has 4 rings (SSSR count). The maximum Gasteiger partial charge on any atom is 0.282 e. The Morgan fingerprint density at radius 1 is 0.615 bits per heavy atom. The van der Waals surface area contributed by atoms with Crippen molar-refractivity contribution in [2.75, 3.05) is 0 Å². The Balaban J connectivity index is 1.93. The zero-order valence-corrected chi connectivity index (χ0v) is 14.4. The number of fused-ring (bicyclic) bond motifs is 1. The summed E-state index contributed by atoms with van der Waals surface area (Å²) in [5, 5.41) is 0.729. The van der Waals surface area contributed by atoms with E-state index in [1.807, 2.05) is 0 Å². The van der Waals surface area contributed by atoms with Crippen molar-refractivity contribution >= 4 is 21.5 Å². The van der Waals surface area contributed by atoms with Gasteiger partial charge in [0.25, 0.3) is 11.8 Å². The third-order valence-corrected chi connectivity index (χ3v) is 6.31. The maximum absolute atomic E-state index is 13.9. The lowest BCUT2D eigenvalue weighted by atomic mass is 10.1. The van der Waals surface area contributed by atoms with Crippen LogP contribution in [0, 0.1) is 0 Å². The monoisotopic (exact) mass is 362 g/mol. The second-order valence-corrected chi connectivity index (χ2v) is 7.86. The number of hydrogen-bond donors (Lipinski definition) is 0. The van der Waals surface area contributed by atoms with Crippen molar-refractivity contribution in [2.45, 2.75) is 9.79 Å². The van der Waals surface area contributed by atoms with E-state index >= 15 is 0 Å². The molecule has 0 atom stereocenters. The second kappa shape index (κ2) is 6.24. The van der Waals surface area contributed by atoms with Crippen molar-refractivity contribution in [3.8, 4) is 0 Å². The normalized spacial score (nSPS) is 13.6. The van der Waals surface area contributed by atoms with Crippen molar-refractivity contribution < 1.29 is 13.8 Å². The fourth-order valence-electron chi connectivity index (χ4n) is 2.81. The summed E-state index contributed by atoms with van der Waals surface area (Å²) in [4.78, 5) is 26.1. The lowest BCUT2D eigenvalue weighted by molar-refractivity contribution is 0.0661. The Morgan fingerprint density at radius 3 is 1.42 bits per heavy atom. The quantitative estimate of drug-likeness (QED) is 0.666. The Bertz CT molecular complexity index is 1040. The number of carbonyl (C=O) groups excluding carboxylic acids is 2. The summed E-state index contributed by atoms with van der Waals surface area (Å²) >= 11 is 0. The van der Waals surface area contributed by atoms with Crippen molar-refractivity contribution in [2.24, 2.45) is 4.47 Å². The molecule has 6 heteroatoms. The maximum atomic E-state index is 13.9. The molecule has 0 radical (unpaired) electrons. The van der Waals surface area contributed by atoms with Gasteiger partial charge in [-0.05, 0) is 36.4 Å². The molecule has 0 bridgehead atoms. The largest absolute Gasteiger partial charge is 0.282 e. The zero-order valence-electron chi connectivity index (χ0n) is 13.6. The summed E-state index contributed by atoms with van der Waals surface area (Å²) in [6, 6.07) is 23.8. The molecule has 0 aliphatic carbocycles. The Hall–Kier alpha value is -3.25. The Labute approximate surface area is 151 Å². The minimum atomic E-state index is -3.20. The summed E-state index contributed by atoms with van der Waals surface area (Å²) in [5.74, 6) is -1.13.